The molecule has 0 radical (unpaired) electrons. The first kappa shape index (κ1) is 25.2. The Morgan fingerprint density at radius 3 is 2.69 bits per heavy atom. The predicted molar refractivity (Wildman–Crippen MR) is 122 cm³/mol. The van der Waals surface area contributed by atoms with E-state index in [1.165, 1.54) is 37.0 Å². The molecule has 0 aliphatic carbocycles. The number of ether oxygens (including phenoxy) is 3. The molecule has 5 atom stereocenters. The van der Waals surface area contributed by atoms with Gasteiger partial charge in [0.2, 0.25) is 0 Å². The minimum Gasteiger partial charge on any atom is -0.394 e. The lowest BCUT2D eigenvalue weighted by Gasteiger charge is -2.43. The molecule has 2 fully saturated rings. The van der Waals surface area contributed by atoms with Crippen molar-refractivity contribution in [3.63, 3.8) is 0 Å². The van der Waals surface area contributed by atoms with Gasteiger partial charge < -0.3 is 29.3 Å². The van der Waals surface area contributed by atoms with Crippen molar-refractivity contribution in [2.45, 2.75) is 68.7 Å². The molecular weight excluding hydrogens is 478 g/mol. The van der Waals surface area contributed by atoms with E-state index in [0.717, 1.165) is 18.6 Å². The van der Waals surface area contributed by atoms with Gasteiger partial charge in [-0.15, -0.1) is 5.10 Å². The zero-order valence-electron chi connectivity index (χ0n) is 20.1. The Morgan fingerprint density at radius 1 is 1.19 bits per heavy atom. The van der Waals surface area contributed by atoms with Crippen LogP contribution in [0.4, 0.5) is 8.78 Å². The highest BCUT2D eigenvalue weighted by Crippen LogP contribution is 2.38. The van der Waals surface area contributed by atoms with Crippen molar-refractivity contribution < 1.29 is 38.0 Å². The molecule has 3 aliphatic rings. The van der Waals surface area contributed by atoms with Crippen LogP contribution in [0.3, 0.4) is 0 Å². The van der Waals surface area contributed by atoms with Gasteiger partial charge in [-0.1, -0.05) is 16.4 Å². The van der Waals surface area contributed by atoms with Gasteiger partial charge in [-0.05, 0) is 18.6 Å². The van der Waals surface area contributed by atoms with Crippen LogP contribution in [0.25, 0.3) is 11.3 Å². The number of rotatable bonds is 6. The number of nitrogens with zero attached hydrogens (tertiary/aromatic N) is 4. The van der Waals surface area contributed by atoms with Gasteiger partial charge in [0.25, 0.3) is 0 Å². The summed E-state index contributed by atoms with van der Waals surface area (Å²) in [5, 5.41) is 33.3. The van der Waals surface area contributed by atoms with Gasteiger partial charge in [-0.25, -0.2) is 13.5 Å². The number of aliphatic hydroxyl groups is 2. The van der Waals surface area contributed by atoms with E-state index in [-0.39, 0.29) is 22.4 Å². The van der Waals surface area contributed by atoms with Crippen LogP contribution in [-0.4, -0.2) is 87.9 Å². The molecule has 5 rings (SSSR count). The van der Waals surface area contributed by atoms with E-state index in [9.17, 15) is 19.0 Å². The molecule has 0 unspecified atom stereocenters. The van der Waals surface area contributed by atoms with Gasteiger partial charge in [0.05, 0.1) is 37.8 Å². The fraction of sp³-hybridized carbons (Fsp3) is 0.625. The highest BCUT2D eigenvalue weighted by molar-refractivity contribution is 5.86. The van der Waals surface area contributed by atoms with E-state index in [1.807, 2.05) is 0 Å². The number of halogens is 2. The maximum Gasteiger partial charge on any atom is 0.168 e. The summed E-state index contributed by atoms with van der Waals surface area (Å²) in [7, 11) is 1.49. The van der Waals surface area contributed by atoms with Gasteiger partial charge in [0.15, 0.2) is 11.6 Å². The summed E-state index contributed by atoms with van der Waals surface area (Å²) in [6.07, 6.45) is 0.508. The predicted octanol–water partition coefficient (Wildman–Crippen LogP) is 1.92. The second-order valence-electron chi connectivity index (χ2n) is 9.64. The first-order valence-corrected chi connectivity index (χ1v) is 12.0. The van der Waals surface area contributed by atoms with Crippen molar-refractivity contribution in [2.24, 2.45) is 5.16 Å². The first-order valence-electron chi connectivity index (χ1n) is 12.0. The first-order chi connectivity index (χ1) is 17.4. The van der Waals surface area contributed by atoms with E-state index in [0.29, 0.717) is 26.1 Å². The molecule has 2 saturated heterocycles. The maximum atomic E-state index is 14.6. The summed E-state index contributed by atoms with van der Waals surface area (Å²) in [5.41, 5.74) is 0.667. The van der Waals surface area contributed by atoms with Gasteiger partial charge >= 0.3 is 0 Å². The molecule has 1 aromatic carbocycles. The van der Waals surface area contributed by atoms with Gasteiger partial charge in [0.1, 0.15) is 35.6 Å². The number of benzene rings is 1. The molecule has 10 nitrogen and oxygen atoms in total. The molecule has 3 aliphatic heterocycles. The molecule has 0 bridgehead atoms. The Labute approximate surface area is 206 Å². The highest BCUT2D eigenvalue weighted by atomic mass is 19.2. The number of aromatic nitrogens is 3. The zero-order valence-corrected chi connectivity index (χ0v) is 20.1. The summed E-state index contributed by atoms with van der Waals surface area (Å²) in [5.74, 6) is -1.98. The third-order valence-corrected chi connectivity index (χ3v) is 7.34. The van der Waals surface area contributed by atoms with Crippen LogP contribution in [0.1, 0.15) is 37.3 Å². The SMILES string of the molecule is CO[C@@H]1[C@@H](n2cc(-c3ccc(C)c(F)c3F)nn2)[C@@H](O)[C@@H](CO)O[C@@H]1CC1=NOC2(CCOCC2)C1. The smallest absolute Gasteiger partial charge is 0.168 e. The summed E-state index contributed by atoms with van der Waals surface area (Å²) in [6.45, 7) is 2.27. The summed E-state index contributed by atoms with van der Waals surface area (Å²) in [6, 6.07) is 2.08. The Morgan fingerprint density at radius 2 is 1.97 bits per heavy atom. The summed E-state index contributed by atoms with van der Waals surface area (Å²) in [4.78, 5) is 5.79. The van der Waals surface area contributed by atoms with E-state index in [2.05, 4.69) is 15.5 Å². The molecular formula is C24H30F2N4O6. The number of hydrogen-bond donors (Lipinski definition) is 2. The van der Waals surface area contributed by atoms with E-state index >= 15 is 0 Å². The topological polar surface area (TPSA) is 120 Å². The highest BCUT2D eigenvalue weighted by Gasteiger charge is 2.49. The monoisotopic (exact) mass is 508 g/mol. The molecule has 2 N–H and O–H groups in total. The van der Waals surface area contributed by atoms with E-state index in [4.69, 9.17) is 19.0 Å². The number of aryl methyl sites for hydroxylation is 1. The third kappa shape index (κ3) is 4.52. The lowest BCUT2D eigenvalue weighted by atomic mass is 9.85. The second kappa shape index (κ2) is 10.1. The summed E-state index contributed by atoms with van der Waals surface area (Å²) >= 11 is 0. The normalized spacial score (nSPS) is 29.8. The minimum atomic E-state index is -1.20. The Balaban J connectivity index is 1.40. The standard InChI is InChI=1S/C24H30F2N4O6/c1-13-3-4-15(20(26)19(13)25)16-11-30(29-27-16)21-22(32)18(12-31)35-17(23(21)33-2)9-14-10-24(36-28-14)5-7-34-8-6-24/h3-4,11,17-18,21-23,31-32H,5-10,12H2,1-2H3/t17-,18-,21+,22+,23+/m1/s1. The van der Waals surface area contributed by atoms with Crippen LogP contribution in [0.2, 0.25) is 0 Å². The van der Waals surface area contributed by atoms with Crippen LogP contribution in [-0.2, 0) is 19.0 Å². The van der Waals surface area contributed by atoms with Crippen molar-refractivity contribution >= 4 is 5.71 Å². The molecule has 2 aromatic rings. The lowest BCUT2D eigenvalue weighted by molar-refractivity contribution is -0.210. The Kier molecular flexibility index (Phi) is 7.05. The van der Waals surface area contributed by atoms with Crippen molar-refractivity contribution in [3.8, 4) is 11.3 Å². The van der Waals surface area contributed by atoms with Gasteiger partial charge in [-0.2, -0.15) is 0 Å². The van der Waals surface area contributed by atoms with Crippen LogP contribution in [0.15, 0.2) is 23.5 Å². The lowest BCUT2D eigenvalue weighted by Crippen LogP contribution is -2.57. The van der Waals surface area contributed by atoms with Crippen molar-refractivity contribution in [1.29, 1.82) is 0 Å². The average molecular weight is 509 g/mol. The number of aliphatic hydroxyl groups excluding tert-OH is 2. The molecule has 196 valence electrons. The minimum absolute atomic E-state index is 0.0469. The third-order valence-electron chi connectivity index (χ3n) is 7.34. The van der Waals surface area contributed by atoms with Crippen LogP contribution in [0, 0.1) is 18.6 Å². The van der Waals surface area contributed by atoms with Crippen molar-refractivity contribution in [3.05, 3.63) is 35.5 Å². The average Bonchev–Trinajstić information content (AvgIpc) is 3.51. The fourth-order valence-electron chi connectivity index (χ4n) is 5.27. The van der Waals surface area contributed by atoms with Crippen molar-refractivity contribution in [2.75, 3.05) is 26.9 Å². The molecule has 12 heteroatoms. The largest absolute Gasteiger partial charge is 0.394 e. The Hall–Kier alpha value is -2.51. The van der Waals surface area contributed by atoms with E-state index in [1.54, 1.807) is 0 Å². The van der Waals surface area contributed by atoms with Gasteiger partial charge in [0, 0.05) is 38.4 Å². The fourth-order valence-corrected chi connectivity index (χ4v) is 5.27. The summed E-state index contributed by atoms with van der Waals surface area (Å²) < 4.78 is 47.3. The van der Waals surface area contributed by atoms with Crippen LogP contribution >= 0.6 is 0 Å². The number of methoxy groups -OCH3 is 1. The Bertz CT molecular complexity index is 1120. The van der Waals surface area contributed by atoms with Gasteiger partial charge in [-0.3, -0.25) is 0 Å². The van der Waals surface area contributed by atoms with Crippen LogP contribution in [0.5, 0.6) is 0 Å². The molecule has 0 amide bonds. The second-order valence-corrected chi connectivity index (χ2v) is 9.64. The molecule has 36 heavy (non-hydrogen) atoms. The number of hydrogen-bond acceptors (Lipinski definition) is 9. The molecule has 0 saturated carbocycles. The van der Waals surface area contributed by atoms with Crippen molar-refractivity contribution in [1.82, 2.24) is 15.0 Å². The molecule has 1 spiro atoms. The zero-order chi connectivity index (χ0) is 25.4. The molecule has 4 heterocycles. The molecule has 1 aromatic heterocycles. The quantitative estimate of drug-likeness (QED) is 0.607. The van der Waals surface area contributed by atoms with E-state index < -0.39 is 48.7 Å². The number of oxime groups is 1. The van der Waals surface area contributed by atoms with Crippen LogP contribution < -0.4 is 0 Å². The maximum absolute atomic E-state index is 14.6.